The number of benzene rings is 2. The summed E-state index contributed by atoms with van der Waals surface area (Å²) < 4.78 is 0. The van der Waals surface area contributed by atoms with E-state index in [9.17, 15) is 9.59 Å². The van der Waals surface area contributed by atoms with Crippen LogP contribution in [0.15, 0.2) is 54.6 Å². The van der Waals surface area contributed by atoms with E-state index in [0.717, 1.165) is 5.69 Å². The van der Waals surface area contributed by atoms with Crippen molar-refractivity contribution in [2.45, 2.75) is 19.9 Å². The zero-order chi connectivity index (χ0) is 19.1. The van der Waals surface area contributed by atoms with Crippen molar-refractivity contribution in [1.29, 1.82) is 0 Å². The number of rotatable bonds is 7. The topological polar surface area (TPSA) is 52.7 Å². The van der Waals surface area contributed by atoms with Crippen LogP contribution in [0, 0.1) is 0 Å². The van der Waals surface area contributed by atoms with Gasteiger partial charge in [0.15, 0.2) is 0 Å². The third-order valence-electron chi connectivity index (χ3n) is 4.21. The highest BCUT2D eigenvalue weighted by Gasteiger charge is 2.25. The molecule has 1 N–H and O–H groups in total. The number of nitrogens with zero attached hydrogens (tertiary/aromatic N) is 2. The molecule has 0 bridgehead atoms. The van der Waals surface area contributed by atoms with Gasteiger partial charge in [0.1, 0.15) is 0 Å². The molecule has 2 aromatic rings. The number of carbonyl (C=O) groups excluding carboxylic acids is 2. The van der Waals surface area contributed by atoms with Gasteiger partial charge in [-0.1, -0.05) is 41.9 Å². The molecule has 5 nitrogen and oxygen atoms in total. The van der Waals surface area contributed by atoms with E-state index in [1.54, 1.807) is 48.0 Å². The summed E-state index contributed by atoms with van der Waals surface area (Å²) in [6.07, 6.45) is 0. The number of hydrogen-bond acceptors (Lipinski definition) is 3. The van der Waals surface area contributed by atoms with Crippen LogP contribution >= 0.6 is 11.6 Å². The molecule has 0 aromatic heterocycles. The molecule has 2 rings (SSSR count). The van der Waals surface area contributed by atoms with Crippen molar-refractivity contribution in [3.05, 3.63) is 59.6 Å². The van der Waals surface area contributed by atoms with Crippen molar-refractivity contribution >= 4 is 34.8 Å². The summed E-state index contributed by atoms with van der Waals surface area (Å²) in [6, 6.07) is 16.1. The fourth-order valence-corrected chi connectivity index (χ4v) is 2.79. The molecule has 1 atom stereocenters. The van der Waals surface area contributed by atoms with Crippen molar-refractivity contribution in [1.82, 2.24) is 4.90 Å². The van der Waals surface area contributed by atoms with Crippen molar-refractivity contribution in [3.8, 4) is 0 Å². The summed E-state index contributed by atoms with van der Waals surface area (Å²) in [6.45, 7) is 4.38. The molecule has 138 valence electrons. The molecule has 0 spiro atoms. The van der Waals surface area contributed by atoms with E-state index in [4.69, 9.17) is 11.6 Å². The van der Waals surface area contributed by atoms with Gasteiger partial charge in [0, 0.05) is 12.2 Å². The minimum Gasteiger partial charge on any atom is -0.324 e. The van der Waals surface area contributed by atoms with E-state index < -0.39 is 6.04 Å². The first-order valence-electron chi connectivity index (χ1n) is 8.55. The van der Waals surface area contributed by atoms with Gasteiger partial charge in [0.2, 0.25) is 11.8 Å². The van der Waals surface area contributed by atoms with Gasteiger partial charge in [-0.15, -0.1) is 0 Å². The maximum absolute atomic E-state index is 12.8. The Morgan fingerprint density at radius 2 is 1.69 bits per heavy atom. The summed E-state index contributed by atoms with van der Waals surface area (Å²) in [5.41, 5.74) is 1.41. The molecule has 0 aliphatic rings. The largest absolute Gasteiger partial charge is 0.324 e. The zero-order valence-electron chi connectivity index (χ0n) is 15.3. The van der Waals surface area contributed by atoms with Gasteiger partial charge in [-0.05, 0) is 45.2 Å². The number of amides is 2. The van der Waals surface area contributed by atoms with Gasteiger partial charge in [-0.25, -0.2) is 0 Å². The molecular weight excluding hydrogens is 350 g/mol. The highest BCUT2D eigenvalue weighted by Crippen LogP contribution is 2.20. The smallest absolute Gasteiger partial charge is 0.244 e. The molecule has 6 heteroatoms. The molecular formula is C20H24ClN3O2. The average Bonchev–Trinajstić information content (AvgIpc) is 2.64. The summed E-state index contributed by atoms with van der Waals surface area (Å²) in [5.74, 6) is -0.269. The van der Waals surface area contributed by atoms with Gasteiger partial charge >= 0.3 is 0 Å². The van der Waals surface area contributed by atoms with E-state index in [1.807, 2.05) is 37.3 Å². The Hall–Kier alpha value is -2.37. The minimum absolute atomic E-state index is 0.0493. The third-order valence-corrected chi connectivity index (χ3v) is 4.54. The Morgan fingerprint density at radius 3 is 2.31 bits per heavy atom. The van der Waals surface area contributed by atoms with Crippen molar-refractivity contribution in [3.63, 3.8) is 0 Å². The highest BCUT2D eigenvalue weighted by molar-refractivity contribution is 6.33. The fraction of sp³-hybridized carbons (Fsp3) is 0.300. The summed E-state index contributed by atoms with van der Waals surface area (Å²) >= 11 is 6.06. The lowest BCUT2D eigenvalue weighted by Crippen LogP contribution is -2.48. The second-order valence-corrected chi connectivity index (χ2v) is 6.44. The maximum Gasteiger partial charge on any atom is 0.244 e. The predicted molar refractivity (Wildman–Crippen MR) is 107 cm³/mol. The first-order valence-corrected chi connectivity index (χ1v) is 8.92. The summed E-state index contributed by atoms with van der Waals surface area (Å²) in [4.78, 5) is 28.6. The van der Waals surface area contributed by atoms with E-state index in [1.165, 1.54) is 0 Å². The zero-order valence-corrected chi connectivity index (χ0v) is 16.0. The number of likely N-dealkylation sites (N-methyl/N-ethyl adjacent to an activating group) is 2. The number of nitrogens with one attached hydrogen (secondary N) is 1. The number of carbonyl (C=O) groups is 2. The van der Waals surface area contributed by atoms with Crippen LogP contribution in [0.25, 0.3) is 0 Å². The van der Waals surface area contributed by atoms with Gasteiger partial charge in [-0.3, -0.25) is 14.5 Å². The minimum atomic E-state index is -0.438. The lowest BCUT2D eigenvalue weighted by atomic mass is 10.2. The van der Waals surface area contributed by atoms with E-state index in [0.29, 0.717) is 17.3 Å². The van der Waals surface area contributed by atoms with Crippen molar-refractivity contribution in [2.75, 3.05) is 30.4 Å². The molecule has 0 unspecified atom stereocenters. The van der Waals surface area contributed by atoms with Gasteiger partial charge in [0.05, 0.1) is 23.3 Å². The number of hydrogen-bond donors (Lipinski definition) is 1. The highest BCUT2D eigenvalue weighted by atomic mass is 35.5. The van der Waals surface area contributed by atoms with Crippen molar-refractivity contribution in [2.24, 2.45) is 0 Å². The molecule has 2 aromatic carbocycles. The SMILES string of the molecule is CCN(C(=O)[C@@H](C)N(C)CC(=O)Nc1ccccc1Cl)c1ccccc1. The van der Waals surface area contributed by atoms with Crippen LogP contribution in [-0.2, 0) is 9.59 Å². The Labute approximate surface area is 159 Å². The lowest BCUT2D eigenvalue weighted by Gasteiger charge is -2.29. The third kappa shape index (κ3) is 5.07. The second-order valence-electron chi connectivity index (χ2n) is 6.04. The normalized spacial score (nSPS) is 11.9. The monoisotopic (exact) mass is 373 g/mol. The quantitative estimate of drug-likeness (QED) is 0.805. The molecule has 0 radical (unpaired) electrons. The molecule has 26 heavy (non-hydrogen) atoms. The number of halogens is 1. The van der Waals surface area contributed by atoms with Crippen molar-refractivity contribution < 1.29 is 9.59 Å². The van der Waals surface area contributed by atoms with Crippen LogP contribution in [-0.4, -0.2) is 42.9 Å². The van der Waals surface area contributed by atoms with Crippen LogP contribution in [0.3, 0.4) is 0 Å². The molecule has 0 heterocycles. The summed E-state index contributed by atoms with van der Waals surface area (Å²) in [5, 5.41) is 3.25. The lowest BCUT2D eigenvalue weighted by molar-refractivity contribution is -0.124. The van der Waals surface area contributed by atoms with E-state index in [2.05, 4.69) is 5.32 Å². The molecule has 2 amide bonds. The van der Waals surface area contributed by atoms with E-state index >= 15 is 0 Å². The Bertz CT molecular complexity index is 752. The molecule has 0 aliphatic carbocycles. The molecule has 0 saturated carbocycles. The second kappa shape index (κ2) is 9.36. The first-order chi connectivity index (χ1) is 12.4. The Kier molecular flexibility index (Phi) is 7.18. The van der Waals surface area contributed by atoms with Crippen LogP contribution in [0.4, 0.5) is 11.4 Å². The van der Waals surface area contributed by atoms with E-state index in [-0.39, 0.29) is 18.4 Å². The Balaban J connectivity index is 1.99. The standard InChI is InChI=1S/C20H24ClN3O2/c1-4-24(16-10-6-5-7-11-16)20(26)15(2)23(3)14-19(25)22-18-13-9-8-12-17(18)21/h5-13,15H,4,14H2,1-3H3,(H,22,25)/t15-/m1/s1. The first kappa shape index (κ1) is 19.9. The maximum atomic E-state index is 12.8. The Morgan fingerprint density at radius 1 is 1.08 bits per heavy atom. The van der Waals surface area contributed by atoms with Gasteiger partial charge < -0.3 is 10.2 Å². The van der Waals surface area contributed by atoms with Gasteiger partial charge in [-0.2, -0.15) is 0 Å². The van der Waals surface area contributed by atoms with Crippen LogP contribution in [0.5, 0.6) is 0 Å². The summed E-state index contributed by atoms with van der Waals surface area (Å²) in [7, 11) is 1.76. The van der Waals surface area contributed by atoms with Crippen LogP contribution in [0.1, 0.15) is 13.8 Å². The molecule has 0 aliphatic heterocycles. The number of para-hydroxylation sites is 2. The predicted octanol–water partition coefficient (Wildman–Crippen LogP) is 3.65. The van der Waals surface area contributed by atoms with Crippen LogP contribution < -0.4 is 10.2 Å². The van der Waals surface area contributed by atoms with Gasteiger partial charge in [0.25, 0.3) is 0 Å². The molecule has 0 saturated heterocycles. The average molecular weight is 374 g/mol. The molecule has 0 fully saturated rings. The fourth-order valence-electron chi connectivity index (χ4n) is 2.60. The van der Waals surface area contributed by atoms with Crippen LogP contribution in [0.2, 0.25) is 5.02 Å². The number of anilines is 2.